The van der Waals surface area contributed by atoms with Crippen LogP contribution in [0.15, 0.2) is 17.5 Å². The van der Waals surface area contributed by atoms with Gasteiger partial charge in [0.1, 0.15) is 6.54 Å². The second-order valence-corrected chi connectivity index (χ2v) is 8.22. The van der Waals surface area contributed by atoms with Crippen molar-refractivity contribution in [3.8, 4) is 0 Å². The Labute approximate surface area is 156 Å². The number of aromatic nitrogens is 1. The summed E-state index contributed by atoms with van der Waals surface area (Å²) in [6, 6.07) is 3.63. The van der Waals surface area contributed by atoms with Crippen LogP contribution >= 0.6 is 22.7 Å². The molecule has 6 nitrogen and oxygen atoms in total. The first-order chi connectivity index (χ1) is 11.9. The van der Waals surface area contributed by atoms with Crippen LogP contribution in [0.1, 0.15) is 26.7 Å². The highest BCUT2D eigenvalue weighted by molar-refractivity contribution is 7.15. The summed E-state index contributed by atoms with van der Waals surface area (Å²) < 4.78 is 0. The third-order valence-corrected chi connectivity index (χ3v) is 5.51. The smallest absolute Gasteiger partial charge is 0.264 e. The first-order valence-electron chi connectivity index (χ1n) is 8.08. The summed E-state index contributed by atoms with van der Waals surface area (Å²) in [7, 11) is 3.98. The number of carbonyl (C=O) groups is 2. The molecule has 2 rings (SSSR count). The SMILES string of the molecule is Cc1nc(NC(=O)CN(CCCN(C)C)C(=O)c2cccs2)sc1C. The topological polar surface area (TPSA) is 65.5 Å². The standard InChI is InChI=1S/C17H24N4O2S2/c1-12-13(2)25-17(18-12)19-15(22)11-21(9-6-8-20(3)4)16(23)14-7-5-10-24-14/h5,7,10H,6,8-9,11H2,1-4H3,(H,18,19,22). The molecule has 0 unspecified atom stereocenters. The molecule has 25 heavy (non-hydrogen) atoms. The average Bonchev–Trinajstić information content (AvgIpc) is 3.16. The van der Waals surface area contributed by atoms with E-state index in [2.05, 4.69) is 15.2 Å². The van der Waals surface area contributed by atoms with Crippen LogP contribution in [0.5, 0.6) is 0 Å². The fraction of sp³-hybridized carbons (Fsp3) is 0.471. The number of rotatable bonds is 8. The summed E-state index contributed by atoms with van der Waals surface area (Å²) in [6.07, 6.45) is 0.812. The van der Waals surface area contributed by atoms with Crippen LogP contribution in [0.3, 0.4) is 0 Å². The van der Waals surface area contributed by atoms with Crippen molar-refractivity contribution >= 4 is 39.6 Å². The van der Waals surface area contributed by atoms with Crippen LogP contribution in [0, 0.1) is 13.8 Å². The molecule has 1 N–H and O–H groups in total. The molecule has 2 heterocycles. The molecule has 0 bridgehead atoms. The number of carbonyl (C=O) groups excluding carboxylic acids is 2. The highest BCUT2D eigenvalue weighted by atomic mass is 32.1. The lowest BCUT2D eigenvalue weighted by molar-refractivity contribution is -0.116. The fourth-order valence-corrected chi connectivity index (χ4v) is 3.77. The van der Waals surface area contributed by atoms with Crippen LogP contribution < -0.4 is 5.32 Å². The summed E-state index contributed by atoms with van der Waals surface area (Å²) in [5, 5.41) is 5.25. The Morgan fingerprint density at radius 1 is 1.24 bits per heavy atom. The highest BCUT2D eigenvalue weighted by Crippen LogP contribution is 2.21. The van der Waals surface area contributed by atoms with E-state index in [4.69, 9.17) is 0 Å². The molecule has 2 aromatic rings. The van der Waals surface area contributed by atoms with Gasteiger partial charge in [-0.25, -0.2) is 4.98 Å². The molecule has 0 aromatic carbocycles. The number of amides is 2. The van der Waals surface area contributed by atoms with Crippen molar-refractivity contribution < 1.29 is 9.59 Å². The van der Waals surface area contributed by atoms with Crippen molar-refractivity contribution in [3.63, 3.8) is 0 Å². The number of hydrogen-bond acceptors (Lipinski definition) is 6. The molecule has 0 saturated carbocycles. The van der Waals surface area contributed by atoms with E-state index in [1.165, 1.54) is 22.7 Å². The maximum atomic E-state index is 12.7. The normalized spacial score (nSPS) is 10.9. The number of thiophene rings is 1. The molecule has 8 heteroatoms. The van der Waals surface area contributed by atoms with Gasteiger partial charge >= 0.3 is 0 Å². The molecular weight excluding hydrogens is 356 g/mol. The summed E-state index contributed by atoms with van der Waals surface area (Å²) in [5.41, 5.74) is 0.915. The molecule has 0 radical (unpaired) electrons. The number of aryl methyl sites for hydroxylation is 2. The van der Waals surface area contributed by atoms with Crippen molar-refractivity contribution in [2.24, 2.45) is 0 Å². The zero-order valence-corrected chi connectivity index (χ0v) is 16.7. The molecule has 0 spiro atoms. The monoisotopic (exact) mass is 380 g/mol. The Kier molecular flexibility index (Phi) is 7.10. The molecule has 0 aliphatic rings. The number of thiazole rings is 1. The molecule has 0 atom stereocenters. The summed E-state index contributed by atoms with van der Waals surface area (Å²) in [5.74, 6) is -0.320. The molecule has 136 valence electrons. The third-order valence-electron chi connectivity index (χ3n) is 3.66. The Balaban J connectivity index is 2.00. The van der Waals surface area contributed by atoms with E-state index in [0.717, 1.165) is 23.5 Å². The zero-order chi connectivity index (χ0) is 18.4. The van der Waals surface area contributed by atoms with Crippen LogP contribution in [-0.2, 0) is 4.79 Å². The van der Waals surface area contributed by atoms with Crippen LogP contribution in [0.2, 0.25) is 0 Å². The average molecular weight is 381 g/mol. The van der Waals surface area contributed by atoms with Crippen molar-refractivity contribution in [1.29, 1.82) is 0 Å². The maximum Gasteiger partial charge on any atom is 0.264 e. The zero-order valence-electron chi connectivity index (χ0n) is 15.0. The first kappa shape index (κ1) is 19.6. The van der Waals surface area contributed by atoms with Crippen LogP contribution in [0.25, 0.3) is 0 Å². The summed E-state index contributed by atoms with van der Waals surface area (Å²) >= 11 is 2.84. The largest absolute Gasteiger partial charge is 0.329 e. The van der Waals surface area contributed by atoms with Gasteiger partial charge in [-0.3, -0.25) is 9.59 Å². The quantitative estimate of drug-likeness (QED) is 0.765. The number of hydrogen-bond donors (Lipinski definition) is 1. The fourth-order valence-electron chi connectivity index (χ4n) is 2.24. The number of nitrogens with zero attached hydrogens (tertiary/aromatic N) is 3. The molecule has 0 fully saturated rings. The van der Waals surface area contributed by atoms with E-state index >= 15 is 0 Å². The van der Waals surface area contributed by atoms with E-state index in [1.54, 1.807) is 11.0 Å². The van der Waals surface area contributed by atoms with E-state index in [1.807, 2.05) is 39.4 Å². The summed E-state index contributed by atoms with van der Waals surface area (Å²) in [4.78, 5) is 34.7. The highest BCUT2D eigenvalue weighted by Gasteiger charge is 2.20. The Morgan fingerprint density at radius 3 is 2.56 bits per heavy atom. The van der Waals surface area contributed by atoms with E-state index in [9.17, 15) is 9.59 Å². The van der Waals surface area contributed by atoms with Crippen LogP contribution in [0.4, 0.5) is 5.13 Å². The lowest BCUT2D eigenvalue weighted by atomic mass is 10.3. The Morgan fingerprint density at radius 2 is 2.00 bits per heavy atom. The number of anilines is 1. The van der Waals surface area contributed by atoms with Gasteiger partial charge in [0.25, 0.3) is 5.91 Å². The minimum Gasteiger partial charge on any atom is -0.329 e. The van der Waals surface area contributed by atoms with Gasteiger partial charge in [0.05, 0.1) is 10.6 Å². The van der Waals surface area contributed by atoms with Gasteiger partial charge in [-0.05, 0) is 52.4 Å². The minimum absolute atomic E-state index is 0.0296. The lowest BCUT2D eigenvalue weighted by Crippen LogP contribution is -2.39. The number of nitrogens with one attached hydrogen (secondary N) is 1. The van der Waals surface area contributed by atoms with Gasteiger partial charge in [0.2, 0.25) is 5.91 Å². The Bertz CT molecular complexity index is 691. The second-order valence-electron chi connectivity index (χ2n) is 6.07. The lowest BCUT2D eigenvalue weighted by Gasteiger charge is -2.22. The first-order valence-corrected chi connectivity index (χ1v) is 9.78. The van der Waals surface area contributed by atoms with Crippen molar-refractivity contribution in [1.82, 2.24) is 14.8 Å². The predicted molar refractivity (Wildman–Crippen MR) is 104 cm³/mol. The van der Waals surface area contributed by atoms with Crippen LogP contribution in [-0.4, -0.2) is 60.3 Å². The summed E-state index contributed by atoms with van der Waals surface area (Å²) in [6.45, 7) is 5.31. The van der Waals surface area contributed by atoms with Crippen molar-refractivity contribution in [3.05, 3.63) is 33.0 Å². The van der Waals surface area contributed by atoms with Gasteiger partial charge < -0.3 is 15.1 Å². The molecule has 2 aromatic heterocycles. The third kappa shape index (κ3) is 5.91. The molecular formula is C17H24N4O2S2. The molecule has 0 aliphatic heterocycles. The van der Waals surface area contributed by atoms with Gasteiger partial charge in [-0.2, -0.15) is 0 Å². The molecule has 0 saturated heterocycles. The minimum atomic E-state index is -0.219. The van der Waals surface area contributed by atoms with E-state index in [0.29, 0.717) is 16.6 Å². The maximum absolute atomic E-state index is 12.7. The van der Waals surface area contributed by atoms with Gasteiger partial charge in [-0.15, -0.1) is 22.7 Å². The van der Waals surface area contributed by atoms with Gasteiger partial charge in [0.15, 0.2) is 5.13 Å². The second kappa shape index (κ2) is 9.07. The predicted octanol–water partition coefficient (Wildman–Crippen LogP) is 2.85. The van der Waals surface area contributed by atoms with Gasteiger partial charge in [-0.1, -0.05) is 6.07 Å². The van der Waals surface area contributed by atoms with E-state index < -0.39 is 0 Å². The van der Waals surface area contributed by atoms with Gasteiger partial charge in [0, 0.05) is 11.4 Å². The van der Waals surface area contributed by atoms with Crippen molar-refractivity contribution in [2.75, 3.05) is 39.0 Å². The molecule has 2 amide bonds. The Hall–Kier alpha value is -1.77. The van der Waals surface area contributed by atoms with E-state index in [-0.39, 0.29) is 18.4 Å². The molecule has 0 aliphatic carbocycles. The van der Waals surface area contributed by atoms with Crippen molar-refractivity contribution in [2.45, 2.75) is 20.3 Å².